The molecule has 0 bridgehead atoms. The minimum absolute atomic E-state index is 0.0739. The second-order valence-electron chi connectivity index (χ2n) is 5.37. The third-order valence-electron chi connectivity index (χ3n) is 3.64. The Labute approximate surface area is 164 Å². The van der Waals surface area contributed by atoms with Gasteiger partial charge in [0.1, 0.15) is 10.6 Å². The molecular formula is C18H15ClN2O3S2. The molecule has 26 heavy (non-hydrogen) atoms. The maximum Gasteiger partial charge on any atom is 0.269 e. The van der Waals surface area contributed by atoms with Crippen LogP contribution in [0.25, 0.3) is 10.1 Å². The van der Waals surface area contributed by atoms with Crippen LogP contribution in [-0.2, 0) is 6.61 Å². The Hall–Kier alpha value is -2.19. The lowest BCUT2D eigenvalue weighted by Crippen LogP contribution is -2.33. The highest BCUT2D eigenvalue weighted by Crippen LogP contribution is 2.37. The fraction of sp³-hybridized carbons (Fsp3) is 0.111. The molecule has 0 unspecified atom stereocenters. The zero-order chi connectivity index (χ0) is 18.7. The predicted molar refractivity (Wildman–Crippen MR) is 109 cm³/mol. The van der Waals surface area contributed by atoms with Crippen molar-refractivity contribution in [3.8, 4) is 5.75 Å². The van der Waals surface area contributed by atoms with Gasteiger partial charge in [-0.2, -0.15) is 0 Å². The molecular weight excluding hydrogens is 392 g/mol. The lowest BCUT2D eigenvalue weighted by molar-refractivity contribution is 0.0982. The third-order valence-corrected chi connectivity index (χ3v) is 5.50. The monoisotopic (exact) mass is 406 g/mol. The number of ether oxygens (including phenoxy) is 1. The average Bonchev–Trinajstić information content (AvgIpc) is 2.97. The number of halogens is 1. The summed E-state index contributed by atoms with van der Waals surface area (Å²) in [7, 11) is 1.58. The molecule has 0 saturated carbocycles. The SMILES string of the molecule is COc1ccc2c(Cl)c(C(=O)NC(=S)Nc3cccc(CO)c3)sc2c1. The highest BCUT2D eigenvalue weighted by atomic mass is 35.5. The molecule has 3 aromatic rings. The van der Waals surface area contributed by atoms with Crippen LogP contribution in [0.5, 0.6) is 5.75 Å². The van der Waals surface area contributed by atoms with Gasteiger partial charge < -0.3 is 15.2 Å². The first-order valence-corrected chi connectivity index (χ1v) is 9.20. The van der Waals surface area contributed by atoms with Crippen LogP contribution < -0.4 is 15.4 Å². The van der Waals surface area contributed by atoms with Crippen LogP contribution >= 0.6 is 35.2 Å². The maximum absolute atomic E-state index is 12.5. The summed E-state index contributed by atoms with van der Waals surface area (Å²) >= 11 is 12.8. The summed E-state index contributed by atoms with van der Waals surface area (Å²) in [4.78, 5) is 12.9. The highest BCUT2D eigenvalue weighted by molar-refractivity contribution is 7.80. The summed E-state index contributed by atoms with van der Waals surface area (Å²) in [5, 5.41) is 16.0. The van der Waals surface area contributed by atoms with Gasteiger partial charge in [-0.25, -0.2) is 0 Å². The number of thiocarbonyl (C=S) groups is 1. The minimum atomic E-state index is -0.383. The molecule has 0 atom stereocenters. The molecule has 134 valence electrons. The third kappa shape index (κ3) is 3.96. The van der Waals surface area contributed by atoms with E-state index in [-0.39, 0.29) is 17.6 Å². The molecule has 8 heteroatoms. The van der Waals surface area contributed by atoms with Crippen molar-refractivity contribution in [3.63, 3.8) is 0 Å². The number of rotatable bonds is 4. The molecule has 3 rings (SSSR count). The summed E-state index contributed by atoms with van der Waals surface area (Å²) < 4.78 is 6.05. The molecule has 2 aromatic carbocycles. The van der Waals surface area contributed by atoms with Crippen molar-refractivity contribution in [2.75, 3.05) is 12.4 Å². The number of hydrogen-bond donors (Lipinski definition) is 3. The van der Waals surface area contributed by atoms with E-state index in [2.05, 4.69) is 10.6 Å². The number of fused-ring (bicyclic) bond motifs is 1. The molecule has 0 aliphatic heterocycles. The normalized spacial score (nSPS) is 10.6. The number of methoxy groups -OCH3 is 1. The summed E-state index contributed by atoms with van der Waals surface area (Å²) in [5.41, 5.74) is 1.42. The topological polar surface area (TPSA) is 70.6 Å². The molecule has 0 radical (unpaired) electrons. The molecule has 0 aliphatic rings. The van der Waals surface area contributed by atoms with Gasteiger partial charge in [-0.05, 0) is 48.1 Å². The lowest BCUT2D eigenvalue weighted by Gasteiger charge is -2.09. The number of aliphatic hydroxyl groups excluding tert-OH is 1. The molecule has 0 saturated heterocycles. The number of aliphatic hydroxyl groups is 1. The number of anilines is 1. The van der Waals surface area contributed by atoms with Gasteiger partial charge in [0, 0.05) is 15.8 Å². The van der Waals surface area contributed by atoms with E-state index >= 15 is 0 Å². The number of nitrogens with one attached hydrogen (secondary N) is 2. The van der Waals surface area contributed by atoms with Crippen LogP contribution in [0.15, 0.2) is 42.5 Å². The molecule has 1 aromatic heterocycles. The van der Waals surface area contributed by atoms with E-state index in [4.69, 9.17) is 28.6 Å². The first-order chi connectivity index (χ1) is 12.5. The number of benzene rings is 2. The molecule has 0 fully saturated rings. The van der Waals surface area contributed by atoms with E-state index < -0.39 is 0 Å². The molecule has 0 spiro atoms. The highest BCUT2D eigenvalue weighted by Gasteiger charge is 2.18. The smallest absolute Gasteiger partial charge is 0.269 e. The number of amides is 1. The van der Waals surface area contributed by atoms with Gasteiger partial charge in [0.25, 0.3) is 5.91 Å². The van der Waals surface area contributed by atoms with Crippen LogP contribution in [0.1, 0.15) is 15.2 Å². The number of hydrogen-bond acceptors (Lipinski definition) is 5. The zero-order valence-electron chi connectivity index (χ0n) is 13.7. The second kappa shape index (κ2) is 8.01. The number of carbonyl (C=O) groups is 1. The van der Waals surface area contributed by atoms with Crippen LogP contribution in [0.2, 0.25) is 5.02 Å². The first-order valence-electron chi connectivity index (χ1n) is 7.60. The second-order valence-corrected chi connectivity index (χ2v) is 7.21. The molecule has 1 heterocycles. The van der Waals surface area contributed by atoms with Crippen molar-refractivity contribution in [1.29, 1.82) is 0 Å². The molecule has 0 aliphatic carbocycles. The van der Waals surface area contributed by atoms with Crippen molar-refractivity contribution in [1.82, 2.24) is 5.32 Å². The number of thiophene rings is 1. The van der Waals surface area contributed by atoms with Crippen molar-refractivity contribution in [3.05, 3.63) is 57.9 Å². The van der Waals surface area contributed by atoms with Gasteiger partial charge in [-0.15, -0.1) is 11.3 Å². The Balaban J connectivity index is 1.75. The Kier molecular flexibility index (Phi) is 5.73. The summed E-state index contributed by atoms with van der Waals surface area (Å²) in [6, 6.07) is 12.6. The van der Waals surface area contributed by atoms with Crippen molar-refractivity contribution in [2.24, 2.45) is 0 Å². The van der Waals surface area contributed by atoms with E-state index in [0.29, 0.717) is 21.3 Å². The van der Waals surface area contributed by atoms with Crippen molar-refractivity contribution in [2.45, 2.75) is 6.61 Å². The molecule has 1 amide bonds. The standard InChI is InChI=1S/C18H15ClN2O3S2/c1-24-12-5-6-13-14(8-12)26-16(15(13)19)17(23)21-18(25)20-11-4-2-3-10(7-11)9-22/h2-8,22H,9H2,1H3,(H2,20,21,23,25). The lowest BCUT2D eigenvalue weighted by atomic mass is 10.2. The van der Waals surface area contributed by atoms with Gasteiger partial charge in [0.05, 0.1) is 18.7 Å². The summed E-state index contributed by atoms with van der Waals surface area (Å²) in [6.07, 6.45) is 0. The Bertz CT molecular complexity index is 988. The van der Waals surface area contributed by atoms with Gasteiger partial charge >= 0.3 is 0 Å². The van der Waals surface area contributed by atoms with Gasteiger partial charge in [-0.1, -0.05) is 23.7 Å². The van der Waals surface area contributed by atoms with E-state index in [0.717, 1.165) is 15.6 Å². The van der Waals surface area contributed by atoms with Crippen LogP contribution in [-0.4, -0.2) is 23.2 Å². The molecule has 3 N–H and O–H groups in total. The summed E-state index contributed by atoms with van der Waals surface area (Å²) in [5.74, 6) is 0.314. The molecule has 5 nitrogen and oxygen atoms in total. The minimum Gasteiger partial charge on any atom is -0.497 e. The Morgan fingerprint density at radius 3 is 2.85 bits per heavy atom. The zero-order valence-corrected chi connectivity index (χ0v) is 16.1. The van der Waals surface area contributed by atoms with Crippen molar-refractivity contribution >= 4 is 61.9 Å². The maximum atomic E-state index is 12.5. The fourth-order valence-corrected chi connectivity index (χ4v) is 4.04. The van der Waals surface area contributed by atoms with E-state index in [1.807, 2.05) is 12.1 Å². The van der Waals surface area contributed by atoms with Crippen molar-refractivity contribution < 1.29 is 14.6 Å². The van der Waals surface area contributed by atoms with Crippen LogP contribution in [0, 0.1) is 0 Å². The Morgan fingerprint density at radius 1 is 1.31 bits per heavy atom. The van der Waals surface area contributed by atoms with E-state index in [9.17, 15) is 9.90 Å². The van der Waals surface area contributed by atoms with E-state index in [1.54, 1.807) is 37.4 Å². The van der Waals surface area contributed by atoms with Crippen LogP contribution in [0.4, 0.5) is 5.69 Å². The predicted octanol–water partition coefficient (Wildman–Crippen LogP) is 4.18. The first kappa shape index (κ1) is 18.6. The fourth-order valence-electron chi connectivity index (χ4n) is 2.39. The van der Waals surface area contributed by atoms with Gasteiger partial charge in [-0.3, -0.25) is 10.1 Å². The van der Waals surface area contributed by atoms with Gasteiger partial charge in [0.15, 0.2) is 5.11 Å². The van der Waals surface area contributed by atoms with Crippen LogP contribution in [0.3, 0.4) is 0 Å². The largest absolute Gasteiger partial charge is 0.497 e. The Morgan fingerprint density at radius 2 is 2.12 bits per heavy atom. The quantitative estimate of drug-likeness (QED) is 0.567. The number of carbonyl (C=O) groups excluding carboxylic acids is 1. The van der Waals surface area contributed by atoms with Gasteiger partial charge in [0.2, 0.25) is 0 Å². The van der Waals surface area contributed by atoms with E-state index in [1.165, 1.54) is 11.3 Å². The summed E-state index contributed by atoms with van der Waals surface area (Å²) in [6.45, 7) is -0.0739. The average molecular weight is 407 g/mol.